The monoisotopic (exact) mass is 207 g/mol. The molecular formula is C8H6ClN5. The molecule has 0 spiro atoms. The molecule has 0 aliphatic rings. The number of anilines is 3. The van der Waals surface area contributed by atoms with Crippen molar-refractivity contribution in [3.63, 3.8) is 0 Å². The highest BCUT2D eigenvalue weighted by atomic mass is 35.5. The third kappa shape index (κ3) is 1.17. The molecule has 70 valence electrons. The highest BCUT2D eigenvalue weighted by molar-refractivity contribution is 6.36. The average molecular weight is 208 g/mol. The predicted octanol–water partition coefficient (Wildman–Crippen LogP) is 0.830. The first kappa shape index (κ1) is 9.97. The Kier molecular flexibility index (Phi) is 2.37. The summed E-state index contributed by atoms with van der Waals surface area (Å²) in [5, 5.41) is 17.4. The van der Waals surface area contributed by atoms with E-state index in [2.05, 4.69) is 0 Å². The molecule has 14 heavy (non-hydrogen) atoms. The number of hydrogen-bond donors (Lipinski definition) is 3. The fraction of sp³-hybridized carbons (Fsp3) is 0. The van der Waals surface area contributed by atoms with Crippen molar-refractivity contribution < 1.29 is 0 Å². The molecule has 0 aliphatic heterocycles. The molecule has 0 radical (unpaired) electrons. The van der Waals surface area contributed by atoms with Gasteiger partial charge in [-0.15, -0.1) is 0 Å². The number of benzene rings is 1. The van der Waals surface area contributed by atoms with E-state index in [1.807, 2.05) is 0 Å². The number of hydrogen-bond acceptors (Lipinski definition) is 5. The fourth-order valence-electron chi connectivity index (χ4n) is 1.02. The van der Waals surface area contributed by atoms with Gasteiger partial charge in [0.05, 0.1) is 22.1 Å². The Labute approximate surface area is 85.3 Å². The summed E-state index contributed by atoms with van der Waals surface area (Å²) >= 11 is 5.71. The lowest BCUT2D eigenvalue weighted by atomic mass is 10.0. The second-order valence-electron chi connectivity index (χ2n) is 2.53. The number of halogens is 1. The molecule has 1 rings (SSSR count). The van der Waals surface area contributed by atoms with Gasteiger partial charge in [-0.05, 0) is 0 Å². The van der Waals surface area contributed by atoms with Gasteiger partial charge in [-0.3, -0.25) is 0 Å². The maximum absolute atomic E-state index is 8.72. The smallest absolute Gasteiger partial charge is 0.104 e. The van der Waals surface area contributed by atoms with Gasteiger partial charge < -0.3 is 17.2 Å². The summed E-state index contributed by atoms with van der Waals surface area (Å²) in [4.78, 5) is 0. The zero-order valence-corrected chi connectivity index (χ0v) is 7.76. The quantitative estimate of drug-likeness (QED) is 0.543. The van der Waals surface area contributed by atoms with E-state index in [1.165, 1.54) is 0 Å². The van der Waals surface area contributed by atoms with Crippen molar-refractivity contribution in [2.75, 3.05) is 17.2 Å². The zero-order chi connectivity index (χ0) is 10.9. The second kappa shape index (κ2) is 3.33. The van der Waals surface area contributed by atoms with Crippen LogP contribution in [0.15, 0.2) is 0 Å². The van der Waals surface area contributed by atoms with Crippen LogP contribution in [0.1, 0.15) is 11.1 Å². The highest BCUT2D eigenvalue weighted by Gasteiger charge is 2.17. The molecule has 0 aromatic heterocycles. The number of nitrogens with zero attached hydrogens (tertiary/aromatic N) is 2. The number of nitriles is 2. The van der Waals surface area contributed by atoms with Crippen molar-refractivity contribution in [1.82, 2.24) is 0 Å². The normalized spacial score (nSPS) is 9.07. The molecule has 0 heterocycles. The van der Waals surface area contributed by atoms with Crippen molar-refractivity contribution >= 4 is 28.7 Å². The minimum atomic E-state index is -0.0330. The van der Waals surface area contributed by atoms with Crippen LogP contribution in [0.3, 0.4) is 0 Å². The van der Waals surface area contributed by atoms with Crippen LogP contribution < -0.4 is 17.2 Å². The molecule has 0 bridgehead atoms. The number of rotatable bonds is 0. The van der Waals surface area contributed by atoms with Gasteiger partial charge in [-0.25, -0.2) is 0 Å². The molecule has 6 N–H and O–H groups in total. The molecule has 0 saturated carbocycles. The Morgan fingerprint density at radius 3 is 1.50 bits per heavy atom. The topological polar surface area (TPSA) is 126 Å². The predicted molar refractivity (Wildman–Crippen MR) is 54.1 cm³/mol. The Morgan fingerprint density at radius 2 is 1.21 bits per heavy atom. The fourth-order valence-corrected chi connectivity index (χ4v) is 1.21. The van der Waals surface area contributed by atoms with Gasteiger partial charge in [0.1, 0.15) is 23.3 Å². The van der Waals surface area contributed by atoms with Crippen molar-refractivity contribution in [2.45, 2.75) is 0 Å². The molecule has 0 unspecified atom stereocenters. The van der Waals surface area contributed by atoms with Crippen LogP contribution in [-0.4, -0.2) is 0 Å². The van der Waals surface area contributed by atoms with E-state index >= 15 is 0 Å². The molecular weight excluding hydrogens is 202 g/mol. The minimum Gasteiger partial charge on any atom is -0.396 e. The van der Waals surface area contributed by atoms with Crippen LogP contribution >= 0.6 is 11.6 Å². The van der Waals surface area contributed by atoms with Gasteiger partial charge in [0, 0.05) is 0 Å². The van der Waals surface area contributed by atoms with E-state index in [0.717, 1.165) is 0 Å². The highest BCUT2D eigenvalue weighted by Crippen LogP contribution is 2.36. The summed E-state index contributed by atoms with van der Waals surface area (Å²) in [5.74, 6) is 0. The molecule has 0 saturated heterocycles. The number of nitrogens with two attached hydrogens (primary N) is 3. The van der Waals surface area contributed by atoms with Crippen LogP contribution in [0, 0.1) is 22.7 Å². The van der Waals surface area contributed by atoms with E-state index in [4.69, 9.17) is 39.3 Å². The first-order valence-electron chi connectivity index (χ1n) is 3.50. The molecule has 6 heteroatoms. The minimum absolute atomic E-state index is 0.00293. The summed E-state index contributed by atoms with van der Waals surface area (Å²) in [5.41, 5.74) is 16.4. The van der Waals surface area contributed by atoms with Crippen molar-refractivity contribution in [1.29, 1.82) is 10.5 Å². The van der Waals surface area contributed by atoms with Gasteiger partial charge in [0.25, 0.3) is 0 Å². The van der Waals surface area contributed by atoms with Crippen LogP contribution in [0.2, 0.25) is 5.02 Å². The maximum Gasteiger partial charge on any atom is 0.104 e. The zero-order valence-electron chi connectivity index (χ0n) is 7.00. The van der Waals surface area contributed by atoms with Crippen molar-refractivity contribution in [2.24, 2.45) is 0 Å². The van der Waals surface area contributed by atoms with Gasteiger partial charge >= 0.3 is 0 Å². The van der Waals surface area contributed by atoms with Gasteiger partial charge in [-0.2, -0.15) is 10.5 Å². The number of nitrogen functional groups attached to an aromatic ring is 3. The van der Waals surface area contributed by atoms with E-state index < -0.39 is 0 Å². The van der Waals surface area contributed by atoms with Crippen molar-refractivity contribution in [3.8, 4) is 12.1 Å². The lowest BCUT2D eigenvalue weighted by molar-refractivity contribution is 1.45. The van der Waals surface area contributed by atoms with Gasteiger partial charge in [0.15, 0.2) is 0 Å². The van der Waals surface area contributed by atoms with Crippen LogP contribution in [-0.2, 0) is 0 Å². The maximum atomic E-state index is 8.72. The van der Waals surface area contributed by atoms with E-state index in [-0.39, 0.29) is 33.2 Å². The first-order chi connectivity index (χ1) is 6.54. The molecule has 0 amide bonds. The summed E-state index contributed by atoms with van der Waals surface area (Å²) in [6.07, 6.45) is 0. The Hall–Kier alpha value is -2.11. The molecule has 0 fully saturated rings. The third-order valence-electron chi connectivity index (χ3n) is 1.77. The lowest BCUT2D eigenvalue weighted by Gasteiger charge is -2.09. The molecule has 1 aromatic carbocycles. The first-order valence-corrected chi connectivity index (χ1v) is 3.88. The van der Waals surface area contributed by atoms with Crippen LogP contribution in [0.25, 0.3) is 0 Å². The average Bonchev–Trinajstić information content (AvgIpc) is 2.16. The van der Waals surface area contributed by atoms with Crippen LogP contribution in [0.5, 0.6) is 0 Å². The van der Waals surface area contributed by atoms with E-state index in [0.29, 0.717) is 0 Å². The third-order valence-corrected chi connectivity index (χ3v) is 2.18. The molecule has 5 nitrogen and oxygen atoms in total. The summed E-state index contributed by atoms with van der Waals surface area (Å²) in [6, 6.07) is 3.53. The van der Waals surface area contributed by atoms with Crippen molar-refractivity contribution in [3.05, 3.63) is 16.1 Å². The summed E-state index contributed by atoms with van der Waals surface area (Å²) in [7, 11) is 0. The second-order valence-corrected chi connectivity index (χ2v) is 2.91. The van der Waals surface area contributed by atoms with E-state index in [1.54, 1.807) is 12.1 Å². The Balaban J connectivity index is 3.78. The van der Waals surface area contributed by atoms with E-state index in [9.17, 15) is 0 Å². The standard InChI is InChI=1S/C8H6ClN5/c9-5-7(13)3(1-10)6(12)4(2-11)8(5)14/h12-14H2. The molecule has 0 atom stereocenters. The van der Waals surface area contributed by atoms with Crippen LogP contribution in [0.4, 0.5) is 17.1 Å². The Morgan fingerprint density at radius 1 is 0.857 bits per heavy atom. The largest absolute Gasteiger partial charge is 0.396 e. The van der Waals surface area contributed by atoms with Gasteiger partial charge in [0.2, 0.25) is 0 Å². The molecule has 0 aliphatic carbocycles. The molecule has 1 aromatic rings. The SMILES string of the molecule is N#Cc1c(N)c(Cl)c(N)c(C#N)c1N. The lowest BCUT2D eigenvalue weighted by Crippen LogP contribution is -2.05. The van der Waals surface area contributed by atoms with Gasteiger partial charge in [-0.1, -0.05) is 11.6 Å². The Bertz CT molecular complexity index is 439. The summed E-state index contributed by atoms with van der Waals surface area (Å²) < 4.78 is 0. The summed E-state index contributed by atoms with van der Waals surface area (Å²) in [6.45, 7) is 0.